The van der Waals surface area contributed by atoms with Crippen molar-refractivity contribution < 1.29 is 9.18 Å². The summed E-state index contributed by atoms with van der Waals surface area (Å²) >= 11 is 7.72. The lowest BCUT2D eigenvalue weighted by Crippen LogP contribution is -2.27. The minimum atomic E-state index is -0.347. The highest BCUT2D eigenvalue weighted by Crippen LogP contribution is 2.30. The van der Waals surface area contributed by atoms with Gasteiger partial charge < -0.3 is 9.88 Å². The molecule has 0 saturated heterocycles. The number of nitrogens with zero attached hydrogens (tertiary/aromatic N) is 3. The van der Waals surface area contributed by atoms with Crippen LogP contribution in [0.5, 0.6) is 0 Å². The lowest BCUT2D eigenvalue weighted by atomic mass is 10.1. The average molecular weight is 481 g/mol. The predicted molar refractivity (Wildman–Crippen MR) is 130 cm³/mol. The van der Waals surface area contributed by atoms with Gasteiger partial charge in [-0.15, -0.1) is 0 Å². The van der Waals surface area contributed by atoms with Gasteiger partial charge in [-0.05, 0) is 60.5 Å². The number of rotatable bonds is 7. The normalized spacial score (nSPS) is 10.9. The molecular formula is C25H22ClFN4OS. The van der Waals surface area contributed by atoms with E-state index in [9.17, 15) is 9.18 Å². The fourth-order valence-electron chi connectivity index (χ4n) is 3.39. The van der Waals surface area contributed by atoms with Crippen molar-refractivity contribution >= 4 is 29.3 Å². The molecule has 0 radical (unpaired) electrons. The molecule has 2 aromatic heterocycles. The molecule has 8 heteroatoms. The van der Waals surface area contributed by atoms with Crippen molar-refractivity contribution in [1.82, 2.24) is 19.9 Å². The Morgan fingerprint density at radius 2 is 1.91 bits per heavy atom. The van der Waals surface area contributed by atoms with E-state index in [1.807, 2.05) is 43.3 Å². The minimum absolute atomic E-state index is 0.208. The van der Waals surface area contributed by atoms with E-state index >= 15 is 0 Å². The molecule has 2 aromatic carbocycles. The highest BCUT2D eigenvalue weighted by molar-refractivity contribution is 7.98. The van der Waals surface area contributed by atoms with E-state index in [1.165, 1.54) is 23.9 Å². The van der Waals surface area contributed by atoms with Gasteiger partial charge in [0.05, 0.1) is 0 Å². The molecule has 0 spiro atoms. The zero-order chi connectivity index (χ0) is 23.4. The third-order valence-corrected chi connectivity index (χ3v) is 6.35. The second-order valence-electron chi connectivity index (χ2n) is 7.62. The number of hydrogen-bond donors (Lipinski definition) is 1. The molecule has 33 heavy (non-hydrogen) atoms. The number of pyridine rings is 1. The summed E-state index contributed by atoms with van der Waals surface area (Å²) in [6, 6.07) is 17.4. The topological polar surface area (TPSA) is 61.9 Å². The van der Waals surface area contributed by atoms with Crippen LogP contribution in [-0.4, -0.2) is 32.8 Å². The van der Waals surface area contributed by atoms with Crippen molar-refractivity contribution in [3.63, 3.8) is 0 Å². The van der Waals surface area contributed by atoms with Crippen molar-refractivity contribution in [3.05, 3.63) is 100 Å². The standard InChI is InChI=1S/C25H22ClFN4OS/c1-16-13-17(11-12-28-16)14-31(2)24(32)23-22(18-7-9-20(27)10-8-18)29-25(30-23)33-15-19-5-3-4-6-21(19)26/h3-13H,14-15H2,1-2H3,(H,29,30). The van der Waals surface area contributed by atoms with E-state index in [4.69, 9.17) is 11.6 Å². The quantitative estimate of drug-likeness (QED) is 0.323. The number of benzene rings is 2. The van der Waals surface area contributed by atoms with Crippen LogP contribution >= 0.6 is 23.4 Å². The van der Waals surface area contributed by atoms with Crippen LogP contribution in [0.3, 0.4) is 0 Å². The lowest BCUT2D eigenvalue weighted by Gasteiger charge is -2.17. The van der Waals surface area contributed by atoms with Crippen LogP contribution in [0, 0.1) is 12.7 Å². The fraction of sp³-hybridized carbons (Fsp3) is 0.160. The summed E-state index contributed by atoms with van der Waals surface area (Å²) in [5, 5.41) is 1.27. The second-order valence-corrected chi connectivity index (χ2v) is 8.99. The van der Waals surface area contributed by atoms with Crippen LogP contribution < -0.4 is 0 Å². The number of thioether (sulfide) groups is 1. The van der Waals surface area contributed by atoms with Gasteiger partial charge in [0.2, 0.25) is 0 Å². The van der Waals surface area contributed by atoms with Crippen molar-refractivity contribution in [2.45, 2.75) is 24.4 Å². The highest BCUT2D eigenvalue weighted by atomic mass is 35.5. The van der Waals surface area contributed by atoms with Gasteiger partial charge in [-0.3, -0.25) is 9.78 Å². The lowest BCUT2D eigenvalue weighted by molar-refractivity contribution is 0.0780. The van der Waals surface area contributed by atoms with E-state index in [1.54, 1.807) is 30.3 Å². The molecule has 4 rings (SSSR count). The monoisotopic (exact) mass is 480 g/mol. The van der Waals surface area contributed by atoms with Crippen molar-refractivity contribution in [3.8, 4) is 11.3 Å². The van der Waals surface area contributed by atoms with Crippen molar-refractivity contribution in [1.29, 1.82) is 0 Å². The number of aromatic amines is 1. The van der Waals surface area contributed by atoms with Crippen LogP contribution in [0.15, 0.2) is 72.0 Å². The molecule has 0 bridgehead atoms. The molecule has 0 saturated carbocycles. The maximum Gasteiger partial charge on any atom is 0.272 e. The number of halogens is 2. The molecule has 1 N–H and O–H groups in total. The average Bonchev–Trinajstić information content (AvgIpc) is 3.22. The zero-order valence-electron chi connectivity index (χ0n) is 18.2. The van der Waals surface area contributed by atoms with Gasteiger partial charge in [0.25, 0.3) is 5.91 Å². The van der Waals surface area contributed by atoms with Crippen molar-refractivity contribution in [2.24, 2.45) is 0 Å². The van der Waals surface area contributed by atoms with Crippen LogP contribution in [0.1, 0.15) is 27.3 Å². The molecule has 0 aliphatic heterocycles. The van der Waals surface area contributed by atoms with E-state index in [0.717, 1.165) is 16.8 Å². The first-order chi connectivity index (χ1) is 15.9. The number of carbonyl (C=O) groups is 1. The summed E-state index contributed by atoms with van der Waals surface area (Å²) < 4.78 is 13.5. The number of hydrogen-bond acceptors (Lipinski definition) is 4. The number of amides is 1. The van der Waals surface area contributed by atoms with Crippen LogP contribution in [0.25, 0.3) is 11.3 Å². The molecule has 168 valence electrons. The molecule has 0 aliphatic rings. The Labute approximate surface area is 201 Å². The van der Waals surface area contributed by atoms with Gasteiger partial charge in [-0.1, -0.05) is 41.6 Å². The molecule has 2 heterocycles. The molecule has 0 atom stereocenters. The summed E-state index contributed by atoms with van der Waals surface area (Å²) in [6.07, 6.45) is 1.73. The maximum absolute atomic E-state index is 13.5. The number of aryl methyl sites for hydroxylation is 1. The molecule has 0 unspecified atom stereocenters. The summed E-state index contributed by atoms with van der Waals surface area (Å²) in [6.45, 7) is 2.33. The third kappa shape index (κ3) is 5.61. The molecular weight excluding hydrogens is 459 g/mol. The Hall–Kier alpha value is -3.16. The van der Waals surface area contributed by atoms with Gasteiger partial charge in [0, 0.05) is 41.8 Å². The number of carbonyl (C=O) groups excluding carboxylic acids is 1. The predicted octanol–water partition coefficient (Wildman–Crippen LogP) is 6.14. The van der Waals surface area contributed by atoms with E-state index in [0.29, 0.717) is 39.4 Å². The van der Waals surface area contributed by atoms with Crippen LogP contribution in [-0.2, 0) is 12.3 Å². The minimum Gasteiger partial charge on any atom is -0.336 e. The smallest absolute Gasteiger partial charge is 0.272 e. The molecule has 4 aromatic rings. The molecule has 0 fully saturated rings. The Kier molecular flexibility index (Phi) is 7.11. The van der Waals surface area contributed by atoms with Crippen LogP contribution in [0.4, 0.5) is 4.39 Å². The Morgan fingerprint density at radius 3 is 2.64 bits per heavy atom. The third-order valence-electron chi connectivity index (χ3n) is 5.06. The van der Waals surface area contributed by atoms with E-state index in [2.05, 4.69) is 15.0 Å². The van der Waals surface area contributed by atoms with Crippen LogP contribution in [0.2, 0.25) is 5.02 Å². The number of aromatic nitrogens is 3. The Morgan fingerprint density at radius 1 is 1.15 bits per heavy atom. The second kappa shape index (κ2) is 10.2. The fourth-order valence-corrected chi connectivity index (χ4v) is 4.55. The summed E-state index contributed by atoms with van der Waals surface area (Å²) in [7, 11) is 1.74. The first kappa shape index (κ1) is 23.0. The van der Waals surface area contributed by atoms with E-state index < -0.39 is 0 Å². The number of imidazole rings is 1. The van der Waals surface area contributed by atoms with Gasteiger partial charge in [0.15, 0.2) is 5.16 Å². The summed E-state index contributed by atoms with van der Waals surface area (Å²) in [4.78, 5) is 27.0. The van der Waals surface area contributed by atoms with Gasteiger partial charge >= 0.3 is 0 Å². The molecule has 0 aliphatic carbocycles. The molecule has 1 amide bonds. The van der Waals surface area contributed by atoms with Gasteiger partial charge in [-0.25, -0.2) is 9.37 Å². The van der Waals surface area contributed by atoms with Crippen molar-refractivity contribution in [2.75, 3.05) is 7.05 Å². The maximum atomic E-state index is 13.5. The highest BCUT2D eigenvalue weighted by Gasteiger charge is 2.22. The SMILES string of the molecule is Cc1cc(CN(C)C(=O)c2[nH]c(SCc3ccccc3Cl)nc2-c2ccc(F)cc2)ccn1. The summed E-state index contributed by atoms with van der Waals surface area (Å²) in [5.41, 5.74) is 4.35. The Balaban J connectivity index is 1.62. The largest absolute Gasteiger partial charge is 0.336 e. The number of nitrogens with one attached hydrogen (secondary N) is 1. The first-order valence-electron chi connectivity index (χ1n) is 10.3. The summed E-state index contributed by atoms with van der Waals surface area (Å²) in [5.74, 6) is 0.0389. The Bertz CT molecular complexity index is 1280. The first-order valence-corrected chi connectivity index (χ1v) is 11.7. The van der Waals surface area contributed by atoms with Gasteiger partial charge in [-0.2, -0.15) is 0 Å². The van der Waals surface area contributed by atoms with Gasteiger partial charge in [0.1, 0.15) is 17.2 Å². The zero-order valence-corrected chi connectivity index (χ0v) is 19.8. The molecule has 5 nitrogen and oxygen atoms in total. The number of H-pyrrole nitrogens is 1. The van der Waals surface area contributed by atoms with E-state index in [-0.39, 0.29) is 11.7 Å².